The third-order valence-corrected chi connectivity index (χ3v) is 3.45. The van der Waals surface area contributed by atoms with Crippen LogP contribution in [0.15, 0.2) is 54.9 Å². The molecule has 2 heterocycles. The van der Waals surface area contributed by atoms with Crippen LogP contribution in [0.3, 0.4) is 0 Å². The summed E-state index contributed by atoms with van der Waals surface area (Å²) in [4.78, 5) is 25.6. The Morgan fingerprint density at radius 1 is 0.850 bits per heavy atom. The van der Waals surface area contributed by atoms with Crippen LogP contribution in [0.25, 0.3) is 0 Å². The summed E-state index contributed by atoms with van der Waals surface area (Å²) in [6, 6.07) is 12.9. The lowest BCUT2D eigenvalue weighted by Gasteiger charge is -2.12. The van der Waals surface area contributed by atoms with Gasteiger partial charge in [0, 0.05) is 25.1 Å². The number of carbonyl (C=O) groups excluding carboxylic acids is 2. The van der Waals surface area contributed by atoms with Crippen molar-refractivity contribution in [2.24, 2.45) is 0 Å². The third kappa shape index (κ3) is 2.20. The monoisotopic (exact) mass is 267 g/mol. The first-order valence-corrected chi connectivity index (χ1v) is 6.66. The predicted molar refractivity (Wildman–Crippen MR) is 73.1 cm³/mol. The van der Waals surface area contributed by atoms with Crippen molar-refractivity contribution < 1.29 is 14.2 Å². The van der Waals surface area contributed by atoms with Gasteiger partial charge < -0.3 is 0 Å². The molecule has 0 spiro atoms. The van der Waals surface area contributed by atoms with E-state index < -0.39 is 0 Å². The summed E-state index contributed by atoms with van der Waals surface area (Å²) in [5.41, 5.74) is 1.04. The van der Waals surface area contributed by atoms with Gasteiger partial charge in [0.05, 0.1) is 11.1 Å². The number of carbonyl (C=O) groups is 2. The molecule has 0 unspecified atom stereocenters. The van der Waals surface area contributed by atoms with Gasteiger partial charge in [-0.1, -0.05) is 18.2 Å². The predicted octanol–water partition coefficient (Wildman–Crippen LogP) is 1.66. The minimum Gasteiger partial charge on any atom is -0.274 e. The summed E-state index contributed by atoms with van der Waals surface area (Å²) in [6.07, 6.45) is 4.70. The average Bonchev–Trinajstić information content (AvgIpc) is 2.74. The number of amides is 2. The van der Waals surface area contributed by atoms with Gasteiger partial charge in [-0.2, -0.15) is 0 Å². The van der Waals surface area contributed by atoms with E-state index in [0.29, 0.717) is 17.7 Å². The van der Waals surface area contributed by atoms with Gasteiger partial charge in [-0.3, -0.25) is 14.5 Å². The number of rotatable bonds is 4. The first kappa shape index (κ1) is 12.5. The van der Waals surface area contributed by atoms with Crippen LogP contribution >= 0.6 is 0 Å². The minimum atomic E-state index is -0.177. The zero-order valence-corrected chi connectivity index (χ0v) is 11.0. The van der Waals surface area contributed by atoms with Gasteiger partial charge in [-0.25, -0.2) is 4.57 Å². The lowest BCUT2D eigenvalue weighted by atomic mass is 10.1. The van der Waals surface area contributed by atoms with Crippen molar-refractivity contribution in [1.29, 1.82) is 0 Å². The van der Waals surface area contributed by atoms with E-state index in [4.69, 9.17) is 0 Å². The quantitative estimate of drug-likeness (QED) is 0.624. The Morgan fingerprint density at radius 3 is 2.05 bits per heavy atom. The van der Waals surface area contributed by atoms with E-state index in [9.17, 15) is 9.59 Å². The highest BCUT2D eigenvalue weighted by Gasteiger charge is 2.34. The van der Waals surface area contributed by atoms with Crippen molar-refractivity contribution in [3.05, 3.63) is 66.0 Å². The Kier molecular flexibility index (Phi) is 3.29. The van der Waals surface area contributed by atoms with E-state index in [-0.39, 0.29) is 11.8 Å². The highest BCUT2D eigenvalue weighted by atomic mass is 16.2. The van der Waals surface area contributed by atoms with Gasteiger partial charge >= 0.3 is 0 Å². The highest BCUT2D eigenvalue weighted by molar-refractivity contribution is 6.21. The fourth-order valence-corrected chi connectivity index (χ4v) is 2.44. The molecule has 1 aliphatic heterocycles. The van der Waals surface area contributed by atoms with Gasteiger partial charge in [0.25, 0.3) is 11.8 Å². The van der Waals surface area contributed by atoms with E-state index in [1.807, 2.05) is 35.2 Å². The van der Waals surface area contributed by atoms with Gasteiger partial charge in [-0.05, 0) is 12.1 Å². The van der Waals surface area contributed by atoms with Crippen LogP contribution in [0.2, 0.25) is 0 Å². The summed E-state index contributed by atoms with van der Waals surface area (Å²) in [6.45, 7) is 1.24. The Bertz CT molecular complexity index is 618. The van der Waals surface area contributed by atoms with Crippen molar-refractivity contribution in [2.75, 3.05) is 6.54 Å². The maximum atomic E-state index is 12.1. The molecular weight excluding hydrogens is 252 g/mol. The van der Waals surface area contributed by atoms with Crippen molar-refractivity contribution in [2.45, 2.75) is 13.0 Å². The molecule has 1 aromatic carbocycles. The van der Waals surface area contributed by atoms with Crippen LogP contribution in [0.4, 0.5) is 0 Å². The first-order valence-electron chi connectivity index (χ1n) is 6.66. The Morgan fingerprint density at radius 2 is 1.45 bits per heavy atom. The van der Waals surface area contributed by atoms with E-state index >= 15 is 0 Å². The fourth-order valence-electron chi connectivity index (χ4n) is 2.44. The molecule has 0 saturated carbocycles. The molecule has 0 aliphatic carbocycles. The molecule has 20 heavy (non-hydrogen) atoms. The van der Waals surface area contributed by atoms with Crippen LogP contribution in [0, 0.1) is 0 Å². The van der Waals surface area contributed by atoms with Gasteiger partial charge in [0.15, 0.2) is 12.4 Å². The minimum absolute atomic E-state index is 0.177. The molecule has 4 heteroatoms. The molecule has 0 saturated heterocycles. The first-order chi connectivity index (χ1) is 9.77. The second-order valence-electron chi connectivity index (χ2n) is 4.77. The highest BCUT2D eigenvalue weighted by Crippen LogP contribution is 2.22. The van der Waals surface area contributed by atoms with Crippen LogP contribution in [0.5, 0.6) is 0 Å². The van der Waals surface area contributed by atoms with Crippen LogP contribution in [0.1, 0.15) is 27.1 Å². The molecule has 0 fully saturated rings. The molecule has 1 aromatic heterocycles. The molecule has 2 aromatic rings. The van der Waals surface area contributed by atoms with Crippen molar-refractivity contribution in [3.8, 4) is 0 Å². The summed E-state index contributed by atoms with van der Waals surface area (Å²) >= 11 is 0. The van der Waals surface area contributed by atoms with Crippen molar-refractivity contribution >= 4 is 11.8 Å². The summed E-state index contributed by atoms with van der Waals surface area (Å²) < 4.78 is 2.04. The lowest BCUT2D eigenvalue weighted by Crippen LogP contribution is -2.37. The maximum absolute atomic E-state index is 12.1. The summed E-state index contributed by atoms with van der Waals surface area (Å²) in [5.74, 6) is -0.354. The maximum Gasteiger partial charge on any atom is 0.261 e. The molecule has 0 N–H and O–H groups in total. The van der Waals surface area contributed by atoms with Gasteiger partial charge in [0.2, 0.25) is 0 Å². The van der Waals surface area contributed by atoms with E-state index in [0.717, 1.165) is 13.0 Å². The number of hydrogen-bond acceptors (Lipinski definition) is 2. The summed E-state index contributed by atoms with van der Waals surface area (Å²) in [7, 11) is 0. The van der Waals surface area contributed by atoms with Gasteiger partial charge in [-0.15, -0.1) is 0 Å². The number of aryl methyl sites for hydroxylation is 1. The number of aromatic nitrogens is 1. The van der Waals surface area contributed by atoms with E-state index in [2.05, 4.69) is 0 Å². The second kappa shape index (κ2) is 5.25. The number of nitrogens with zero attached hydrogens (tertiary/aromatic N) is 2. The zero-order chi connectivity index (χ0) is 13.9. The molecule has 4 nitrogen and oxygen atoms in total. The fraction of sp³-hybridized carbons (Fsp3) is 0.188. The normalized spacial score (nSPS) is 13.7. The largest absolute Gasteiger partial charge is 0.274 e. The standard InChI is InChI=1S/C16H15N2O2/c19-15-13-7-2-3-8-14(13)16(20)18(15)12-6-11-17-9-4-1-5-10-17/h1-5,7-10H,6,11-12H2/q+1. The Labute approximate surface area is 117 Å². The Hall–Kier alpha value is -2.49. The van der Waals surface area contributed by atoms with Gasteiger partial charge in [0.1, 0.15) is 6.54 Å². The third-order valence-electron chi connectivity index (χ3n) is 3.45. The number of benzene rings is 1. The number of imide groups is 1. The molecule has 100 valence electrons. The number of pyridine rings is 1. The summed E-state index contributed by atoms with van der Waals surface area (Å²) in [5, 5.41) is 0. The Balaban J connectivity index is 1.65. The van der Waals surface area contributed by atoms with Crippen molar-refractivity contribution in [1.82, 2.24) is 4.90 Å². The lowest BCUT2D eigenvalue weighted by molar-refractivity contribution is -0.697. The smallest absolute Gasteiger partial charge is 0.261 e. The van der Waals surface area contributed by atoms with E-state index in [1.54, 1.807) is 24.3 Å². The SMILES string of the molecule is O=C1c2ccccc2C(=O)N1CCC[n+]1ccccc1. The molecule has 1 aliphatic rings. The zero-order valence-electron chi connectivity index (χ0n) is 11.0. The van der Waals surface area contributed by atoms with Crippen LogP contribution in [-0.4, -0.2) is 23.3 Å². The average molecular weight is 267 g/mol. The number of fused-ring (bicyclic) bond motifs is 1. The topological polar surface area (TPSA) is 41.3 Å². The molecule has 3 rings (SSSR count). The molecule has 0 bridgehead atoms. The molecule has 0 atom stereocenters. The van der Waals surface area contributed by atoms with Crippen LogP contribution in [-0.2, 0) is 6.54 Å². The molecule has 0 radical (unpaired) electrons. The van der Waals surface area contributed by atoms with Crippen LogP contribution < -0.4 is 4.57 Å². The van der Waals surface area contributed by atoms with Crippen molar-refractivity contribution in [3.63, 3.8) is 0 Å². The molecule has 2 amide bonds. The number of hydrogen-bond donors (Lipinski definition) is 0. The van der Waals surface area contributed by atoms with E-state index in [1.165, 1.54) is 4.90 Å². The second-order valence-corrected chi connectivity index (χ2v) is 4.77. The molecular formula is C16H15N2O2+.